The molecular formula is C7H15NO5P+. The van der Waals surface area contributed by atoms with Crippen LogP contribution in [0.25, 0.3) is 0 Å². The Labute approximate surface area is 82.6 Å². The third kappa shape index (κ3) is 3.24. The first-order valence-corrected chi connectivity index (χ1v) is 5.81. The van der Waals surface area contributed by atoms with Gasteiger partial charge in [0.1, 0.15) is 0 Å². The summed E-state index contributed by atoms with van der Waals surface area (Å²) in [4.78, 5) is 8.57. The van der Waals surface area contributed by atoms with Crippen LogP contribution in [0.15, 0.2) is 0 Å². The van der Waals surface area contributed by atoms with Gasteiger partial charge in [0.25, 0.3) is 0 Å². The molecule has 1 fully saturated rings. The van der Waals surface area contributed by atoms with E-state index in [-0.39, 0.29) is 6.16 Å². The molecule has 0 aliphatic carbocycles. The zero-order valence-electron chi connectivity index (χ0n) is 7.61. The monoisotopic (exact) mass is 224 g/mol. The minimum absolute atomic E-state index is 0.106. The Hall–Kier alpha value is -0.100. The highest BCUT2D eigenvalue weighted by atomic mass is 31.1. The lowest BCUT2D eigenvalue weighted by atomic mass is 9.99. The third-order valence-corrected chi connectivity index (χ3v) is 2.89. The van der Waals surface area contributed by atoms with Gasteiger partial charge in [0.05, 0.1) is 18.2 Å². The molecule has 82 valence electrons. The van der Waals surface area contributed by atoms with E-state index in [1.807, 2.05) is 0 Å². The molecule has 0 aromatic carbocycles. The molecule has 0 radical (unpaired) electrons. The highest BCUT2D eigenvalue weighted by molar-refractivity contribution is 7.37. The number of ether oxygens (including phenoxy) is 1. The molecule has 2 unspecified atom stereocenters. The molecule has 0 saturated carbocycles. The van der Waals surface area contributed by atoms with Gasteiger partial charge in [0.2, 0.25) is 0 Å². The molecule has 1 aliphatic rings. The summed E-state index contributed by atoms with van der Waals surface area (Å²) < 4.78 is 15.5. The van der Waals surface area contributed by atoms with Crippen LogP contribution in [0, 0.1) is 0 Å². The molecule has 1 rings (SSSR count). The maximum atomic E-state index is 10.4. The van der Waals surface area contributed by atoms with Crippen LogP contribution in [-0.4, -0.2) is 45.8 Å². The first-order valence-electron chi connectivity index (χ1n) is 4.41. The summed E-state index contributed by atoms with van der Waals surface area (Å²) in [6, 6.07) is -0.797. The van der Waals surface area contributed by atoms with Gasteiger partial charge in [-0.1, -0.05) is 0 Å². The molecule has 0 spiro atoms. The first-order chi connectivity index (χ1) is 6.50. The number of hydrogen-bond donors (Lipinski definition) is 4. The maximum absolute atomic E-state index is 10.4. The highest BCUT2D eigenvalue weighted by Gasteiger charge is 2.35. The van der Waals surface area contributed by atoms with E-state index in [1.165, 1.54) is 0 Å². The van der Waals surface area contributed by atoms with Gasteiger partial charge in [0, 0.05) is 12.8 Å². The van der Waals surface area contributed by atoms with Crippen molar-refractivity contribution in [1.82, 2.24) is 0 Å². The normalized spacial score (nSPS) is 39.6. The summed E-state index contributed by atoms with van der Waals surface area (Å²) in [5.41, 5.74) is 5.41. The average Bonchev–Trinajstić information content (AvgIpc) is 2.10. The largest absolute Gasteiger partial charge is 0.505 e. The molecule has 5 atom stereocenters. The lowest BCUT2D eigenvalue weighted by Gasteiger charge is -2.34. The van der Waals surface area contributed by atoms with Crippen LogP contribution in [0.4, 0.5) is 0 Å². The smallest absolute Gasteiger partial charge is 0.391 e. The fourth-order valence-corrected chi connectivity index (χ4v) is 1.91. The molecule has 1 saturated heterocycles. The lowest BCUT2D eigenvalue weighted by molar-refractivity contribution is -0.200. The molecular weight excluding hydrogens is 209 g/mol. The van der Waals surface area contributed by atoms with Crippen molar-refractivity contribution in [2.75, 3.05) is 6.16 Å². The van der Waals surface area contributed by atoms with Crippen molar-refractivity contribution in [2.45, 2.75) is 37.4 Å². The van der Waals surface area contributed by atoms with Gasteiger partial charge in [-0.2, -0.15) is 4.89 Å². The van der Waals surface area contributed by atoms with E-state index in [0.717, 1.165) is 0 Å². The molecule has 14 heavy (non-hydrogen) atoms. The summed E-state index contributed by atoms with van der Waals surface area (Å²) in [5, 5.41) is 18.6. The quantitative estimate of drug-likeness (QED) is 0.453. The standard InChI is InChI=1S/C7H14NO5P/c8-6-5(9)3-4(13-7(6)10)1-2-14(11)12/h4-7,9-10H,1-3,8H2/p+1/t4-,5+,6-,7?/m1/s1. The number of aliphatic hydroxyl groups excluding tert-OH is 2. The van der Waals surface area contributed by atoms with Gasteiger partial charge in [-0.25, -0.2) is 0 Å². The van der Waals surface area contributed by atoms with Crippen LogP contribution >= 0.6 is 8.03 Å². The Kier molecular flexibility index (Phi) is 4.37. The van der Waals surface area contributed by atoms with Crippen molar-refractivity contribution < 1.29 is 24.4 Å². The fourth-order valence-electron chi connectivity index (χ4n) is 1.40. The molecule has 0 aromatic heterocycles. The van der Waals surface area contributed by atoms with E-state index < -0.39 is 32.6 Å². The van der Waals surface area contributed by atoms with E-state index in [4.69, 9.17) is 15.4 Å². The second kappa shape index (κ2) is 5.11. The lowest BCUT2D eigenvalue weighted by Crippen LogP contribution is -2.53. The zero-order chi connectivity index (χ0) is 10.7. The van der Waals surface area contributed by atoms with Crippen LogP contribution in [-0.2, 0) is 9.30 Å². The molecule has 0 amide bonds. The van der Waals surface area contributed by atoms with Gasteiger partial charge in [0.15, 0.2) is 12.5 Å². The summed E-state index contributed by atoms with van der Waals surface area (Å²) in [6.45, 7) is 0. The predicted octanol–water partition coefficient (Wildman–Crippen LogP) is -1.09. The van der Waals surface area contributed by atoms with Crippen molar-refractivity contribution >= 4 is 8.03 Å². The molecule has 5 N–H and O–H groups in total. The molecule has 0 aromatic rings. The van der Waals surface area contributed by atoms with Gasteiger partial charge < -0.3 is 20.7 Å². The van der Waals surface area contributed by atoms with E-state index in [1.54, 1.807) is 0 Å². The molecule has 7 heteroatoms. The number of nitrogens with two attached hydrogens (primary N) is 1. The molecule has 1 heterocycles. The van der Waals surface area contributed by atoms with Gasteiger partial charge in [-0.05, 0) is 4.57 Å². The molecule has 6 nitrogen and oxygen atoms in total. The van der Waals surface area contributed by atoms with E-state index in [9.17, 15) is 14.8 Å². The van der Waals surface area contributed by atoms with Gasteiger partial charge in [-0.15, -0.1) is 0 Å². The second-order valence-corrected chi connectivity index (χ2v) is 4.55. The minimum atomic E-state index is -2.19. The van der Waals surface area contributed by atoms with Crippen LogP contribution in [0.3, 0.4) is 0 Å². The number of rotatable bonds is 3. The van der Waals surface area contributed by atoms with E-state index in [0.29, 0.717) is 12.8 Å². The van der Waals surface area contributed by atoms with Crippen LogP contribution in [0.2, 0.25) is 0 Å². The number of aliphatic hydroxyl groups is 2. The summed E-state index contributed by atoms with van der Waals surface area (Å²) in [7, 11) is -2.19. The van der Waals surface area contributed by atoms with Gasteiger partial charge in [-0.3, -0.25) is 0 Å². The Morgan fingerprint density at radius 3 is 2.64 bits per heavy atom. The van der Waals surface area contributed by atoms with Crippen molar-refractivity contribution in [3.8, 4) is 0 Å². The SMILES string of the molecule is N[C@H]1C(O)O[C@H](CC[P+](=O)O)C[C@@H]1O. The Bertz CT molecular complexity index is 202. The Balaban J connectivity index is 2.38. The van der Waals surface area contributed by atoms with Crippen LogP contribution in [0.1, 0.15) is 12.8 Å². The van der Waals surface area contributed by atoms with Crippen LogP contribution < -0.4 is 5.73 Å². The van der Waals surface area contributed by atoms with Gasteiger partial charge >= 0.3 is 8.03 Å². The topological polar surface area (TPSA) is 113 Å². The van der Waals surface area contributed by atoms with Crippen molar-refractivity contribution in [3.63, 3.8) is 0 Å². The van der Waals surface area contributed by atoms with Crippen molar-refractivity contribution in [1.29, 1.82) is 0 Å². The summed E-state index contributed by atoms with van der Waals surface area (Å²) in [5.74, 6) is 0. The molecule has 1 aliphatic heterocycles. The predicted molar refractivity (Wildman–Crippen MR) is 48.8 cm³/mol. The Morgan fingerprint density at radius 2 is 2.14 bits per heavy atom. The van der Waals surface area contributed by atoms with Crippen molar-refractivity contribution in [3.05, 3.63) is 0 Å². The second-order valence-electron chi connectivity index (χ2n) is 3.39. The third-order valence-electron chi connectivity index (χ3n) is 2.25. The minimum Gasteiger partial charge on any atom is -0.391 e. The zero-order valence-corrected chi connectivity index (χ0v) is 8.51. The average molecular weight is 224 g/mol. The highest BCUT2D eigenvalue weighted by Crippen LogP contribution is 2.23. The Morgan fingerprint density at radius 1 is 1.50 bits per heavy atom. The number of hydrogen-bond acceptors (Lipinski definition) is 5. The molecule has 0 bridgehead atoms. The maximum Gasteiger partial charge on any atom is 0.505 e. The summed E-state index contributed by atoms with van der Waals surface area (Å²) >= 11 is 0. The van der Waals surface area contributed by atoms with Crippen molar-refractivity contribution in [2.24, 2.45) is 5.73 Å². The fraction of sp³-hybridized carbons (Fsp3) is 1.00. The summed E-state index contributed by atoms with van der Waals surface area (Å²) in [6.07, 6.45) is -1.67. The first kappa shape index (κ1) is 12.0. The van der Waals surface area contributed by atoms with Crippen LogP contribution in [0.5, 0.6) is 0 Å². The van der Waals surface area contributed by atoms with E-state index >= 15 is 0 Å². The van der Waals surface area contributed by atoms with E-state index in [2.05, 4.69) is 0 Å².